The molecule has 2 rings (SSSR count). The van der Waals surface area contributed by atoms with Crippen molar-refractivity contribution in [2.24, 2.45) is 5.41 Å². The van der Waals surface area contributed by atoms with Gasteiger partial charge in [0.15, 0.2) is 0 Å². The van der Waals surface area contributed by atoms with Gasteiger partial charge in [-0.15, -0.1) is 0 Å². The van der Waals surface area contributed by atoms with Crippen molar-refractivity contribution in [1.29, 1.82) is 5.26 Å². The largest absolute Gasteiger partial charge is 0.490 e. The highest BCUT2D eigenvalue weighted by Crippen LogP contribution is 2.38. The van der Waals surface area contributed by atoms with Crippen molar-refractivity contribution in [2.75, 3.05) is 23.4 Å². The Morgan fingerprint density at radius 3 is 2.87 bits per heavy atom. The van der Waals surface area contributed by atoms with Gasteiger partial charge in [0.1, 0.15) is 18.8 Å². The molecule has 1 aromatic carbocycles. The SMILES string of the molecule is CCCN1C(=O)C(C)(C)COc2cc(NC(=O)CC#N)ccc21. The molecule has 0 atom stereocenters. The van der Waals surface area contributed by atoms with Crippen molar-refractivity contribution in [1.82, 2.24) is 0 Å². The van der Waals surface area contributed by atoms with Crippen LogP contribution in [0.4, 0.5) is 11.4 Å². The van der Waals surface area contributed by atoms with E-state index in [4.69, 9.17) is 10.00 Å². The molecule has 1 aliphatic rings. The Labute approximate surface area is 136 Å². The summed E-state index contributed by atoms with van der Waals surface area (Å²) in [7, 11) is 0. The Kier molecular flexibility index (Phi) is 4.89. The van der Waals surface area contributed by atoms with Crippen molar-refractivity contribution < 1.29 is 14.3 Å². The normalized spacial score (nSPS) is 15.9. The number of rotatable bonds is 4. The zero-order valence-electron chi connectivity index (χ0n) is 13.7. The number of nitrogens with zero attached hydrogens (tertiary/aromatic N) is 2. The Morgan fingerprint density at radius 2 is 2.22 bits per heavy atom. The average molecular weight is 315 g/mol. The molecule has 1 aliphatic heterocycles. The first-order valence-electron chi connectivity index (χ1n) is 7.64. The fraction of sp³-hybridized carbons (Fsp3) is 0.471. The summed E-state index contributed by atoms with van der Waals surface area (Å²) in [4.78, 5) is 26.0. The molecule has 0 saturated carbocycles. The molecular weight excluding hydrogens is 294 g/mol. The minimum Gasteiger partial charge on any atom is -0.490 e. The highest BCUT2D eigenvalue weighted by atomic mass is 16.5. The summed E-state index contributed by atoms with van der Waals surface area (Å²) in [5, 5.41) is 11.2. The maximum Gasteiger partial charge on any atom is 0.238 e. The number of carbonyl (C=O) groups excluding carboxylic acids is 2. The number of carbonyl (C=O) groups is 2. The van der Waals surface area contributed by atoms with Gasteiger partial charge in [0.2, 0.25) is 11.8 Å². The van der Waals surface area contributed by atoms with Gasteiger partial charge in [-0.2, -0.15) is 5.26 Å². The summed E-state index contributed by atoms with van der Waals surface area (Å²) in [6.07, 6.45) is 0.632. The van der Waals surface area contributed by atoms with E-state index < -0.39 is 5.41 Å². The fourth-order valence-electron chi connectivity index (χ4n) is 2.45. The molecule has 6 heteroatoms. The fourth-order valence-corrected chi connectivity index (χ4v) is 2.45. The van der Waals surface area contributed by atoms with E-state index in [0.29, 0.717) is 23.7 Å². The second-order valence-corrected chi connectivity index (χ2v) is 6.19. The number of nitrogens with one attached hydrogen (secondary N) is 1. The minimum absolute atomic E-state index is 0.0272. The molecule has 2 amide bonds. The van der Waals surface area contributed by atoms with Crippen molar-refractivity contribution in [2.45, 2.75) is 33.6 Å². The van der Waals surface area contributed by atoms with Crippen molar-refractivity contribution in [3.8, 4) is 11.8 Å². The Balaban J connectivity index is 2.35. The monoisotopic (exact) mass is 315 g/mol. The first-order chi connectivity index (χ1) is 10.9. The number of nitriles is 1. The van der Waals surface area contributed by atoms with E-state index >= 15 is 0 Å². The number of fused-ring (bicyclic) bond motifs is 1. The second-order valence-electron chi connectivity index (χ2n) is 6.19. The molecular formula is C17H21N3O3. The molecule has 1 N–H and O–H groups in total. The van der Waals surface area contributed by atoms with E-state index in [2.05, 4.69) is 5.32 Å². The molecule has 0 spiro atoms. The van der Waals surface area contributed by atoms with Crippen LogP contribution in [-0.4, -0.2) is 25.0 Å². The number of anilines is 2. The van der Waals surface area contributed by atoms with Crippen LogP contribution in [0.3, 0.4) is 0 Å². The Bertz CT molecular complexity index is 662. The summed E-state index contributed by atoms with van der Waals surface area (Å²) in [6.45, 7) is 6.62. The summed E-state index contributed by atoms with van der Waals surface area (Å²) in [6, 6.07) is 6.98. The Hall–Kier alpha value is -2.55. The molecule has 6 nitrogen and oxygen atoms in total. The molecule has 0 aromatic heterocycles. The lowest BCUT2D eigenvalue weighted by Crippen LogP contribution is -2.42. The molecule has 0 radical (unpaired) electrons. The quantitative estimate of drug-likeness (QED) is 0.926. The predicted octanol–water partition coefficient (Wildman–Crippen LogP) is 2.70. The molecule has 0 fully saturated rings. The van der Waals surface area contributed by atoms with Crippen LogP contribution in [0.5, 0.6) is 5.75 Å². The van der Waals surface area contributed by atoms with E-state index in [0.717, 1.165) is 6.42 Å². The van der Waals surface area contributed by atoms with Gasteiger partial charge in [-0.25, -0.2) is 0 Å². The van der Waals surface area contributed by atoms with Gasteiger partial charge in [-0.1, -0.05) is 6.92 Å². The smallest absolute Gasteiger partial charge is 0.238 e. The zero-order chi connectivity index (χ0) is 17.0. The van der Waals surface area contributed by atoms with Gasteiger partial charge in [0.05, 0.1) is 17.2 Å². The first kappa shape index (κ1) is 16.8. The number of ether oxygens (including phenoxy) is 1. The molecule has 0 saturated heterocycles. The predicted molar refractivity (Wildman–Crippen MR) is 87.2 cm³/mol. The van der Waals surface area contributed by atoms with E-state index in [1.54, 1.807) is 29.2 Å². The molecule has 23 heavy (non-hydrogen) atoms. The number of hydrogen-bond donors (Lipinski definition) is 1. The third kappa shape index (κ3) is 3.62. The third-order valence-corrected chi connectivity index (χ3v) is 3.63. The van der Waals surface area contributed by atoms with Crippen molar-refractivity contribution in [3.05, 3.63) is 18.2 Å². The number of hydrogen-bond acceptors (Lipinski definition) is 4. The van der Waals surface area contributed by atoms with Crippen LogP contribution >= 0.6 is 0 Å². The van der Waals surface area contributed by atoms with Gasteiger partial charge in [-0.3, -0.25) is 9.59 Å². The molecule has 122 valence electrons. The number of amides is 2. The standard InChI is InChI=1S/C17H21N3O3/c1-4-9-20-13-6-5-12(19-15(21)7-8-18)10-14(13)23-11-17(2,3)16(20)22/h5-6,10H,4,7,9,11H2,1-3H3,(H,19,21). The maximum absolute atomic E-state index is 12.7. The highest BCUT2D eigenvalue weighted by Gasteiger charge is 2.37. The zero-order valence-corrected chi connectivity index (χ0v) is 13.7. The number of benzene rings is 1. The molecule has 1 heterocycles. The second kappa shape index (κ2) is 6.69. The molecule has 1 aromatic rings. The van der Waals surface area contributed by atoms with Crippen LogP contribution in [-0.2, 0) is 9.59 Å². The van der Waals surface area contributed by atoms with E-state index in [1.807, 2.05) is 20.8 Å². The Morgan fingerprint density at radius 1 is 1.48 bits per heavy atom. The lowest BCUT2D eigenvalue weighted by Gasteiger charge is -2.27. The van der Waals surface area contributed by atoms with E-state index in [-0.39, 0.29) is 24.8 Å². The topological polar surface area (TPSA) is 82.4 Å². The summed E-state index contributed by atoms with van der Waals surface area (Å²) in [5.41, 5.74) is 0.645. The summed E-state index contributed by atoms with van der Waals surface area (Å²) in [5.74, 6) is 0.217. The highest BCUT2D eigenvalue weighted by molar-refractivity contribution is 6.00. The van der Waals surface area contributed by atoms with Crippen LogP contribution in [0, 0.1) is 16.7 Å². The minimum atomic E-state index is -0.613. The third-order valence-electron chi connectivity index (χ3n) is 3.63. The van der Waals surface area contributed by atoms with Crippen LogP contribution < -0.4 is 15.0 Å². The van der Waals surface area contributed by atoms with Crippen molar-refractivity contribution >= 4 is 23.2 Å². The van der Waals surface area contributed by atoms with Crippen molar-refractivity contribution in [3.63, 3.8) is 0 Å². The van der Waals surface area contributed by atoms with E-state index in [9.17, 15) is 9.59 Å². The first-order valence-corrected chi connectivity index (χ1v) is 7.64. The maximum atomic E-state index is 12.7. The van der Waals surface area contributed by atoms with Gasteiger partial charge >= 0.3 is 0 Å². The van der Waals surface area contributed by atoms with Crippen LogP contribution in [0.15, 0.2) is 18.2 Å². The van der Waals surface area contributed by atoms with Crippen LogP contribution in [0.25, 0.3) is 0 Å². The van der Waals surface area contributed by atoms with Gasteiger partial charge in [0, 0.05) is 18.3 Å². The van der Waals surface area contributed by atoms with E-state index in [1.165, 1.54) is 0 Å². The molecule has 0 unspecified atom stereocenters. The van der Waals surface area contributed by atoms with Gasteiger partial charge in [0.25, 0.3) is 0 Å². The van der Waals surface area contributed by atoms with Crippen LogP contribution in [0.2, 0.25) is 0 Å². The lowest BCUT2D eigenvalue weighted by molar-refractivity contribution is -0.127. The lowest BCUT2D eigenvalue weighted by atomic mass is 9.93. The summed E-state index contributed by atoms with van der Waals surface area (Å²) >= 11 is 0. The van der Waals surface area contributed by atoms with Crippen LogP contribution in [0.1, 0.15) is 33.6 Å². The van der Waals surface area contributed by atoms with Gasteiger partial charge < -0.3 is 15.0 Å². The molecule has 0 bridgehead atoms. The summed E-state index contributed by atoms with van der Waals surface area (Å²) < 4.78 is 5.81. The van der Waals surface area contributed by atoms with Gasteiger partial charge in [-0.05, 0) is 32.4 Å². The molecule has 0 aliphatic carbocycles. The average Bonchev–Trinajstić information content (AvgIpc) is 2.58.